The molecule has 104 valence electrons. The van der Waals surface area contributed by atoms with E-state index in [1.54, 1.807) is 18.2 Å². The monoisotopic (exact) mass is 302 g/mol. The molecule has 6 heteroatoms. The Balaban J connectivity index is 1.78. The second-order valence-electron chi connectivity index (χ2n) is 4.52. The lowest BCUT2D eigenvalue weighted by Crippen LogP contribution is -2.35. The third-order valence-electron chi connectivity index (χ3n) is 3.07. The molecule has 19 heavy (non-hydrogen) atoms. The first-order chi connectivity index (χ1) is 9.15. The van der Waals surface area contributed by atoms with Gasteiger partial charge in [0.25, 0.3) is 0 Å². The van der Waals surface area contributed by atoms with Crippen LogP contribution in [0.2, 0.25) is 10.0 Å². The molecule has 0 radical (unpaired) electrons. The van der Waals surface area contributed by atoms with Gasteiger partial charge in [-0.3, -0.25) is 0 Å². The molecular formula is C13H16Cl2N2O2. The Labute approximate surface area is 122 Å². The van der Waals surface area contributed by atoms with Crippen LogP contribution in [-0.2, 0) is 4.74 Å². The topological polar surface area (TPSA) is 50.4 Å². The summed E-state index contributed by atoms with van der Waals surface area (Å²) in [6, 6.07) is 4.75. The highest BCUT2D eigenvalue weighted by molar-refractivity contribution is 6.42. The van der Waals surface area contributed by atoms with Crippen LogP contribution in [-0.4, -0.2) is 25.8 Å². The van der Waals surface area contributed by atoms with Crippen LogP contribution in [0.4, 0.5) is 10.5 Å². The molecule has 1 aliphatic rings. The number of nitrogens with one attached hydrogen (secondary N) is 2. The van der Waals surface area contributed by atoms with E-state index in [1.165, 1.54) is 0 Å². The maximum absolute atomic E-state index is 11.7. The van der Waals surface area contributed by atoms with Crippen LogP contribution < -0.4 is 10.6 Å². The predicted molar refractivity (Wildman–Crippen MR) is 77.0 cm³/mol. The quantitative estimate of drug-likeness (QED) is 0.897. The summed E-state index contributed by atoms with van der Waals surface area (Å²) in [6.07, 6.45) is 1.99. The Morgan fingerprint density at radius 1 is 1.26 bits per heavy atom. The van der Waals surface area contributed by atoms with Crippen molar-refractivity contribution >= 4 is 34.9 Å². The molecule has 1 aromatic carbocycles. The molecule has 2 N–H and O–H groups in total. The highest BCUT2D eigenvalue weighted by atomic mass is 35.5. The first-order valence-corrected chi connectivity index (χ1v) is 6.98. The van der Waals surface area contributed by atoms with Crippen molar-refractivity contribution in [3.8, 4) is 0 Å². The van der Waals surface area contributed by atoms with Gasteiger partial charge in [-0.1, -0.05) is 23.2 Å². The average Bonchev–Trinajstić information content (AvgIpc) is 2.42. The zero-order chi connectivity index (χ0) is 13.7. The summed E-state index contributed by atoms with van der Waals surface area (Å²) < 4.78 is 5.27. The zero-order valence-corrected chi connectivity index (χ0v) is 11.9. The number of hydrogen-bond donors (Lipinski definition) is 2. The summed E-state index contributed by atoms with van der Waals surface area (Å²) in [5.74, 6) is 0.494. The molecule has 0 aliphatic carbocycles. The number of hydrogen-bond acceptors (Lipinski definition) is 2. The summed E-state index contributed by atoms with van der Waals surface area (Å²) >= 11 is 11.7. The molecule has 2 rings (SSSR count). The highest BCUT2D eigenvalue weighted by Crippen LogP contribution is 2.24. The molecule has 1 fully saturated rings. The summed E-state index contributed by atoms with van der Waals surface area (Å²) in [4.78, 5) is 11.7. The van der Waals surface area contributed by atoms with Gasteiger partial charge in [0.1, 0.15) is 0 Å². The molecule has 1 aliphatic heterocycles. The van der Waals surface area contributed by atoms with E-state index in [4.69, 9.17) is 27.9 Å². The summed E-state index contributed by atoms with van der Waals surface area (Å²) in [7, 11) is 0. The van der Waals surface area contributed by atoms with Crippen LogP contribution in [0, 0.1) is 5.92 Å². The molecular weight excluding hydrogens is 287 g/mol. The molecule has 4 nitrogen and oxygen atoms in total. The number of carbonyl (C=O) groups is 1. The molecule has 0 atom stereocenters. The highest BCUT2D eigenvalue weighted by Gasteiger charge is 2.14. The molecule has 1 aromatic rings. The minimum absolute atomic E-state index is 0.232. The fraction of sp³-hybridized carbons (Fsp3) is 0.462. The minimum Gasteiger partial charge on any atom is -0.381 e. The van der Waals surface area contributed by atoms with E-state index in [2.05, 4.69) is 10.6 Å². The molecule has 0 spiro atoms. The van der Waals surface area contributed by atoms with Gasteiger partial charge in [0.05, 0.1) is 10.0 Å². The standard InChI is InChI=1S/C13H16Cl2N2O2/c14-11-2-1-10(7-12(11)15)17-13(18)16-8-9-3-5-19-6-4-9/h1-2,7,9H,3-6,8H2,(H2,16,17,18). The van der Waals surface area contributed by atoms with Gasteiger partial charge in [-0.15, -0.1) is 0 Å². The lowest BCUT2D eigenvalue weighted by atomic mass is 10.0. The van der Waals surface area contributed by atoms with Gasteiger partial charge in [-0.25, -0.2) is 4.79 Å². The normalized spacial score (nSPS) is 16.1. The van der Waals surface area contributed by atoms with E-state index >= 15 is 0 Å². The van der Waals surface area contributed by atoms with Gasteiger partial charge in [0, 0.05) is 25.4 Å². The third kappa shape index (κ3) is 4.56. The Morgan fingerprint density at radius 2 is 2.00 bits per heavy atom. The summed E-state index contributed by atoms with van der Waals surface area (Å²) in [5, 5.41) is 6.47. The lowest BCUT2D eigenvalue weighted by molar-refractivity contribution is 0.0671. The zero-order valence-electron chi connectivity index (χ0n) is 10.4. The number of carbonyl (C=O) groups excluding carboxylic acids is 1. The van der Waals surface area contributed by atoms with Gasteiger partial charge >= 0.3 is 6.03 Å². The third-order valence-corrected chi connectivity index (χ3v) is 3.81. The smallest absolute Gasteiger partial charge is 0.319 e. The van der Waals surface area contributed by atoms with Gasteiger partial charge in [-0.05, 0) is 37.0 Å². The van der Waals surface area contributed by atoms with Crippen molar-refractivity contribution in [2.24, 2.45) is 5.92 Å². The molecule has 0 bridgehead atoms. The van der Waals surface area contributed by atoms with Gasteiger partial charge in [0.2, 0.25) is 0 Å². The predicted octanol–water partition coefficient (Wildman–Crippen LogP) is 3.54. The van der Waals surface area contributed by atoms with E-state index < -0.39 is 0 Å². The fourth-order valence-corrected chi connectivity index (χ4v) is 2.23. The molecule has 2 amide bonds. The Hall–Kier alpha value is -0.970. The molecule has 1 heterocycles. The Bertz CT molecular complexity index is 448. The Kier molecular flexibility index (Phi) is 5.31. The second kappa shape index (κ2) is 6.98. The number of rotatable bonds is 3. The molecule has 0 saturated carbocycles. The SMILES string of the molecule is O=C(NCC1CCOCC1)Nc1ccc(Cl)c(Cl)c1. The first-order valence-electron chi connectivity index (χ1n) is 6.23. The number of amides is 2. The minimum atomic E-state index is -0.232. The van der Waals surface area contributed by atoms with Gasteiger partial charge < -0.3 is 15.4 Å². The van der Waals surface area contributed by atoms with E-state index in [-0.39, 0.29) is 6.03 Å². The number of anilines is 1. The molecule has 1 saturated heterocycles. The number of benzene rings is 1. The van der Waals surface area contributed by atoms with Crippen molar-refractivity contribution < 1.29 is 9.53 Å². The van der Waals surface area contributed by atoms with Gasteiger partial charge in [-0.2, -0.15) is 0 Å². The number of urea groups is 1. The fourth-order valence-electron chi connectivity index (χ4n) is 1.94. The van der Waals surface area contributed by atoms with Crippen LogP contribution in [0.5, 0.6) is 0 Å². The van der Waals surface area contributed by atoms with Crippen LogP contribution in [0.3, 0.4) is 0 Å². The van der Waals surface area contributed by atoms with E-state index in [0.717, 1.165) is 26.1 Å². The van der Waals surface area contributed by atoms with Crippen LogP contribution in [0.15, 0.2) is 18.2 Å². The largest absolute Gasteiger partial charge is 0.381 e. The van der Waals surface area contributed by atoms with E-state index in [9.17, 15) is 4.79 Å². The van der Waals surface area contributed by atoms with E-state index in [1.807, 2.05) is 0 Å². The first kappa shape index (κ1) is 14.4. The van der Waals surface area contributed by atoms with Crippen molar-refractivity contribution in [1.82, 2.24) is 5.32 Å². The van der Waals surface area contributed by atoms with Crippen molar-refractivity contribution in [1.29, 1.82) is 0 Å². The number of halogens is 2. The number of ether oxygens (including phenoxy) is 1. The Morgan fingerprint density at radius 3 is 2.68 bits per heavy atom. The van der Waals surface area contributed by atoms with Crippen LogP contribution >= 0.6 is 23.2 Å². The van der Waals surface area contributed by atoms with Crippen molar-refractivity contribution in [2.45, 2.75) is 12.8 Å². The van der Waals surface area contributed by atoms with Gasteiger partial charge in [0.15, 0.2) is 0 Å². The van der Waals surface area contributed by atoms with Crippen molar-refractivity contribution in [3.63, 3.8) is 0 Å². The van der Waals surface area contributed by atoms with Crippen LogP contribution in [0.1, 0.15) is 12.8 Å². The molecule has 0 aromatic heterocycles. The second-order valence-corrected chi connectivity index (χ2v) is 5.33. The van der Waals surface area contributed by atoms with E-state index in [0.29, 0.717) is 28.2 Å². The van der Waals surface area contributed by atoms with Crippen molar-refractivity contribution in [2.75, 3.05) is 25.1 Å². The lowest BCUT2D eigenvalue weighted by Gasteiger charge is -2.22. The summed E-state index contributed by atoms with van der Waals surface area (Å²) in [5.41, 5.74) is 0.624. The van der Waals surface area contributed by atoms with Crippen molar-refractivity contribution in [3.05, 3.63) is 28.2 Å². The summed E-state index contributed by atoms with van der Waals surface area (Å²) in [6.45, 7) is 2.22. The molecule has 0 unspecified atom stereocenters. The maximum atomic E-state index is 11.7. The van der Waals surface area contributed by atoms with Crippen LogP contribution in [0.25, 0.3) is 0 Å². The average molecular weight is 303 g/mol. The maximum Gasteiger partial charge on any atom is 0.319 e.